The zero-order valence-corrected chi connectivity index (χ0v) is 24.0. The molecule has 1 aliphatic heterocycles. The van der Waals surface area contributed by atoms with E-state index in [4.69, 9.17) is 14.6 Å². The van der Waals surface area contributed by atoms with Crippen molar-refractivity contribution in [3.63, 3.8) is 0 Å². The number of sulfonamides is 1. The number of aromatic nitrogens is 1. The summed E-state index contributed by atoms with van der Waals surface area (Å²) in [5.74, 6) is -2.83. The molecule has 43 heavy (non-hydrogen) atoms. The highest BCUT2D eigenvalue weighted by Crippen LogP contribution is 2.42. The van der Waals surface area contributed by atoms with Gasteiger partial charge in [-0.2, -0.15) is 13.2 Å². The normalized spacial score (nSPS) is 14.4. The van der Waals surface area contributed by atoms with Gasteiger partial charge in [0.15, 0.2) is 0 Å². The van der Waals surface area contributed by atoms with Crippen molar-refractivity contribution in [2.75, 3.05) is 31.6 Å². The number of halogens is 3. The highest BCUT2D eigenvalue weighted by molar-refractivity contribution is 7.93. The van der Waals surface area contributed by atoms with Crippen LogP contribution in [0.3, 0.4) is 0 Å². The Bertz CT molecular complexity index is 1730. The maximum atomic E-state index is 14.0. The second-order valence-corrected chi connectivity index (χ2v) is 11.5. The number of para-hydroxylation sites is 1. The lowest BCUT2D eigenvalue weighted by Crippen LogP contribution is -2.37. The molecule has 2 heterocycles. The maximum absolute atomic E-state index is 14.0. The number of likely N-dealkylation sites (N-methyl/N-ethyl adjacent to an activating group) is 1. The van der Waals surface area contributed by atoms with Gasteiger partial charge < -0.3 is 14.7 Å². The molecule has 4 aromatic rings. The molecular formula is C30H28F3N3O6S. The number of amides is 1. The number of fused-ring (bicyclic) bond motifs is 2. The average Bonchev–Trinajstić information content (AvgIpc) is 3.40. The fourth-order valence-electron chi connectivity index (χ4n) is 4.80. The van der Waals surface area contributed by atoms with Crippen LogP contribution >= 0.6 is 0 Å². The van der Waals surface area contributed by atoms with E-state index in [1.165, 1.54) is 4.31 Å². The minimum Gasteiger partial charge on any atom is -0.496 e. The number of pyridine rings is 1. The third kappa shape index (κ3) is 6.72. The second-order valence-electron chi connectivity index (χ2n) is 9.63. The number of hydrogen-bond donors (Lipinski definition) is 1. The standard InChI is InChI=1S/C28H27N3O4S.C2HF3O2/c1-30(18-15-20-13-16-29-17-14-20)28(32)24-19-31(25-10-6-5-7-21(24)25)36(33,34)27-12-11-26(35-2)22-8-3-4-9-23(22)27;3-2(4,5)1(6)7/h3-14,16-17,24H,15,18-19H2,1-2H3;(H,6,7). The first-order valence-corrected chi connectivity index (χ1v) is 14.4. The number of carbonyl (C=O) groups is 2. The highest BCUT2D eigenvalue weighted by atomic mass is 32.2. The molecule has 0 saturated heterocycles. The maximum Gasteiger partial charge on any atom is 0.490 e. The number of carboxylic acid groups (broad SMARTS) is 1. The van der Waals surface area contributed by atoms with E-state index in [0.29, 0.717) is 29.8 Å². The van der Waals surface area contributed by atoms with Crippen LogP contribution in [0.2, 0.25) is 0 Å². The molecule has 0 fully saturated rings. The molecule has 226 valence electrons. The summed E-state index contributed by atoms with van der Waals surface area (Å²) in [6.45, 7) is 0.581. The number of methoxy groups -OCH3 is 1. The number of carbonyl (C=O) groups excluding carboxylic acids is 1. The number of benzene rings is 3. The van der Waals surface area contributed by atoms with Crippen LogP contribution < -0.4 is 9.04 Å². The van der Waals surface area contributed by atoms with Crippen molar-refractivity contribution in [1.29, 1.82) is 0 Å². The smallest absolute Gasteiger partial charge is 0.490 e. The van der Waals surface area contributed by atoms with Crippen LogP contribution in [0.1, 0.15) is 17.0 Å². The fraction of sp³-hybridized carbons (Fsp3) is 0.233. The van der Waals surface area contributed by atoms with Gasteiger partial charge in [0, 0.05) is 36.8 Å². The Hall–Kier alpha value is -4.65. The van der Waals surface area contributed by atoms with Gasteiger partial charge in [0.1, 0.15) is 5.75 Å². The molecule has 3 aromatic carbocycles. The molecule has 1 aliphatic rings. The molecule has 0 aliphatic carbocycles. The summed E-state index contributed by atoms with van der Waals surface area (Å²) >= 11 is 0. The number of carboxylic acids is 1. The third-order valence-electron chi connectivity index (χ3n) is 6.96. The Morgan fingerprint density at radius 3 is 2.23 bits per heavy atom. The number of rotatable bonds is 7. The summed E-state index contributed by atoms with van der Waals surface area (Å²) < 4.78 is 66.6. The molecule has 9 nitrogen and oxygen atoms in total. The summed E-state index contributed by atoms with van der Waals surface area (Å²) in [6, 6.07) is 21.6. The molecule has 0 radical (unpaired) electrons. The number of hydrogen-bond acceptors (Lipinski definition) is 6. The lowest BCUT2D eigenvalue weighted by molar-refractivity contribution is -0.192. The number of ether oxygens (including phenoxy) is 1. The number of nitrogens with zero attached hydrogens (tertiary/aromatic N) is 3. The van der Waals surface area contributed by atoms with Gasteiger partial charge in [0.05, 0.1) is 30.2 Å². The molecule has 1 N–H and O–H groups in total. The van der Waals surface area contributed by atoms with Gasteiger partial charge in [-0.3, -0.25) is 14.1 Å². The first kappa shape index (κ1) is 31.3. The Morgan fingerprint density at radius 1 is 1.00 bits per heavy atom. The minimum atomic E-state index is -5.08. The van der Waals surface area contributed by atoms with E-state index in [9.17, 15) is 26.4 Å². The number of anilines is 1. The van der Waals surface area contributed by atoms with Crippen LogP contribution in [0.4, 0.5) is 18.9 Å². The minimum absolute atomic E-state index is 0.0560. The first-order valence-electron chi connectivity index (χ1n) is 13.0. The number of alkyl halides is 3. The molecule has 5 rings (SSSR count). The van der Waals surface area contributed by atoms with E-state index in [1.54, 1.807) is 61.8 Å². The summed E-state index contributed by atoms with van der Waals surface area (Å²) in [4.78, 5) is 28.3. The van der Waals surface area contributed by atoms with Crippen molar-refractivity contribution in [2.45, 2.75) is 23.4 Å². The van der Waals surface area contributed by atoms with Gasteiger partial charge >= 0.3 is 12.1 Å². The van der Waals surface area contributed by atoms with Crippen molar-refractivity contribution in [2.24, 2.45) is 0 Å². The molecular weight excluding hydrogens is 587 g/mol. The van der Waals surface area contributed by atoms with E-state index < -0.39 is 28.1 Å². The topological polar surface area (TPSA) is 117 Å². The Morgan fingerprint density at radius 2 is 1.60 bits per heavy atom. The van der Waals surface area contributed by atoms with Crippen LogP contribution in [-0.4, -0.2) is 68.7 Å². The van der Waals surface area contributed by atoms with Crippen LogP contribution in [0.25, 0.3) is 10.8 Å². The van der Waals surface area contributed by atoms with Crippen LogP contribution in [0.15, 0.2) is 90.1 Å². The van der Waals surface area contributed by atoms with Crippen molar-refractivity contribution in [3.8, 4) is 5.75 Å². The van der Waals surface area contributed by atoms with Crippen molar-refractivity contribution >= 4 is 38.4 Å². The van der Waals surface area contributed by atoms with Gasteiger partial charge in [-0.05, 0) is 47.9 Å². The lowest BCUT2D eigenvalue weighted by Gasteiger charge is -2.23. The molecule has 1 aromatic heterocycles. The molecule has 0 saturated carbocycles. The molecule has 1 atom stereocenters. The van der Waals surface area contributed by atoms with Gasteiger partial charge in [-0.15, -0.1) is 0 Å². The lowest BCUT2D eigenvalue weighted by atomic mass is 10.00. The zero-order chi connectivity index (χ0) is 31.4. The third-order valence-corrected chi connectivity index (χ3v) is 8.80. The SMILES string of the molecule is COc1ccc(S(=O)(=O)N2CC(C(=O)N(C)CCc3ccncc3)c3ccccc32)c2ccccc12.O=C(O)C(F)(F)F. The zero-order valence-electron chi connectivity index (χ0n) is 23.2. The van der Waals surface area contributed by atoms with Gasteiger partial charge in [-0.25, -0.2) is 13.2 Å². The molecule has 1 unspecified atom stereocenters. The van der Waals surface area contributed by atoms with Crippen LogP contribution in [0.5, 0.6) is 5.75 Å². The Kier molecular flexibility index (Phi) is 9.24. The molecule has 0 bridgehead atoms. The largest absolute Gasteiger partial charge is 0.496 e. The summed E-state index contributed by atoms with van der Waals surface area (Å²) in [6.07, 6.45) is -0.926. The van der Waals surface area contributed by atoms with E-state index in [0.717, 1.165) is 16.5 Å². The predicted molar refractivity (Wildman–Crippen MR) is 153 cm³/mol. The summed E-state index contributed by atoms with van der Waals surface area (Å²) in [5.41, 5.74) is 2.35. The fourth-order valence-corrected chi connectivity index (χ4v) is 6.50. The molecule has 13 heteroatoms. The van der Waals surface area contributed by atoms with Crippen molar-refractivity contribution < 1.29 is 41.0 Å². The average molecular weight is 616 g/mol. The van der Waals surface area contributed by atoms with Crippen molar-refractivity contribution in [3.05, 3.63) is 96.3 Å². The van der Waals surface area contributed by atoms with Crippen LogP contribution in [0, 0.1) is 0 Å². The Labute approximate surface area is 246 Å². The Balaban J connectivity index is 0.000000541. The monoisotopic (exact) mass is 615 g/mol. The number of aliphatic carboxylic acids is 1. The van der Waals surface area contributed by atoms with Crippen molar-refractivity contribution in [1.82, 2.24) is 9.88 Å². The summed E-state index contributed by atoms with van der Waals surface area (Å²) in [7, 11) is -0.623. The molecule has 1 amide bonds. The van der Waals surface area contributed by atoms with Gasteiger partial charge in [0.2, 0.25) is 5.91 Å². The quantitative estimate of drug-likeness (QED) is 0.315. The van der Waals surface area contributed by atoms with E-state index in [-0.39, 0.29) is 17.3 Å². The predicted octanol–water partition coefficient (Wildman–Crippen LogP) is 4.87. The second kappa shape index (κ2) is 12.7. The molecule has 0 spiro atoms. The van der Waals surface area contributed by atoms with E-state index >= 15 is 0 Å². The first-order chi connectivity index (χ1) is 20.4. The van der Waals surface area contributed by atoms with E-state index in [1.807, 2.05) is 42.5 Å². The van der Waals surface area contributed by atoms with Gasteiger partial charge in [0.25, 0.3) is 10.0 Å². The highest BCUT2D eigenvalue weighted by Gasteiger charge is 2.41. The van der Waals surface area contributed by atoms with Gasteiger partial charge in [-0.1, -0.05) is 42.5 Å². The van der Waals surface area contributed by atoms with Crippen LogP contribution in [-0.2, 0) is 26.0 Å². The van der Waals surface area contributed by atoms with E-state index in [2.05, 4.69) is 4.98 Å². The summed E-state index contributed by atoms with van der Waals surface area (Å²) in [5, 5.41) is 8.43.